The zero-order valence-electron chi connectivity index (χ0n) is 14.4. The Hall–Kier alpha value is -2.69. The Morgan fingerprint density at radius 2 is 2.00 bits per heavy atom. The molecule has 128 valence electrons. The molecule has 2 aromatic heterocycles. The van der Waals surface area contributed by atoms with Gasteiger partial charge < -0.3 is 10.1 Å². The van der Waals surface area contributed by atoms with E-state index in [-0.39, 0.29) is 0 Å². The summed E-state index contributed by atoms with van der Waals surface area (Å²) in [6.45, 7) is 2.70. The molecule has 1 fully saturated rings. The lowest BCUT2D eigenvalue weighted by Crippen LogP contribution is -2.14. The van der Waals surface area contributed by atoms with Crippen molar-refractivity contribution in [3.05, 3.63) is 54.0 Å². The van der Waals surface area contributed by atoms with Gasteiger partial charge in [-0.3, -0.25) is 0 Å². The minimum atomic E-state index is 0.302. The highest BCUT2D eigenvalue weighted by atomic mass is 16.5. The van der Waals surface area contributed by atoms with Gasteiger partial charge in [-0.1, -0.05) is 17.7 Å². The number of ether oxygens (including phenoxy) is 1. The lowest BCUT2D eigenvalue weighted by atomic mass is 10.1. The lowest BCUT2D eigenvalue weighted by molar-refractivity contribution is 0.199. The van der Waals surface area contributed by atoms with Gasteiger partial charge in [0.05, 0.1) is 5.52 Å². The zero-order chi connectivity index (χ0) is 17.1. The first-order chi connectivity index (χ1) is 12.3. The molecular formula is C20H22N4O. The van der Waals surface area contributed by atoms with Crippen molar-refractivity contribution in [1.29, 1.82) is 0 Å². The zero-order valence-corrected chi connectivity index (χ0v) is 14.4. The summed E-state index contributed by atoms with van der Waals surface area (Å²) in [5.74, 6) is 1.57. The molecule has 1 aliphatic carbocycles. The second-order valence-corrected chi connectivity index (χ2v) is 6.59. The van der Waals surface area contributed by atoms with E-state index in [1.54, 1.807) is 12.5 Å². The number of aryl methyl sites for hydroxylation is 1. The highest BCUT2D eigenvalue weighted by molar-refractivity contribution is 5.89. The van der Waals surface area contributed by atoms with Gasteiger partial charge >= 0.3 is 0 Å². The summed E-state index contributed by atoms with van der Waals surface area (Å²) in [6, 6.07) is 10.2. The van der Waals surface area contributed by atoms with Crippen LogP contribution in [-0.2, 0) is 6.54 Å². The highest BCUT2D eigenvalue weighted by Crippen LogP contribution is 2.26. The number of fused-ring (bicyclic) bond motifs is 1. The summed E-state index contributed by atoms with van der Waals surface area (Å²) < 4.78 is 6.12. The molecule has 0 bridgehead atoms. The Kier molecular flexibility index (Phi) is 4.46. The third-order valence-corrected chi connectivity index (χ3v) is 4.67. The summed E-state index contributed by atoms with van der Waals surface area (Å²) in [7, 11) is 0. The Balaban J connectivity index is 1.55. The van der Waals surface area contributed by atoms with E-state index in [9.17, 15) is 0 Å². The van der Waals surface area contributed by atoms with Crippen molar-refractivity contribution in [1.82, 2.24) is 15.0 Å². The summed E-state index contributed by atoms with van der Waals surface area (Å²) in [6.07, 6.45) is 8.43. The Morgan fingerprint density at radius 3 is 2.88 bits per heavy atom. The van der Waals surface area contributed by atoms with Gasteiger partial charge in [-0.15, -0.1) is 0 Å². The molecule has 25 heavy (non-hydrogen) atoms. The minimum absolute atomic E-state index is 0.302. The first-order valence-corrected chi connectivity index (χ1v) is 8.85. The standard InChI is InChI=1S/C20H22N4O/c1-14-8-9-18-17(11-14)19(24-13-23-18)22-12-15-5-4-10-21-20(15)25-16-6-2-3-7-16/h4-5,8-11,13,16H,2-3,6-7,12H2,1H3,(H,22,23,24). The van der Waals surface area contributed by atoms with E-state index < -0.39 is 0 Å². The van der Waals surface area contributed by atoms with E-state index in [0.29, 0.717) is 12.6 Å². The first kappa shape index (κ1) is 15.8. The maximum atomic E-state index is 6.12. The van der Waals surface area contributed by atoms with Crippen molar-refractivity contribution in [2.75, 3.05) is 5.32 Å². The molecular weight excluding hydrogens is 312 g/mol. The molecule has 1 N–H and O–H groups in total. The van der Waals surface area contributed by atoms with Crippen molar-refractivity contribution < 1.29 is 4.74 Å². The van der Waals surface area contributed by atoms with E-state index in [0.717, 1.165) is 41.0 Å². The molecule has 0 spiro atoms. The Morgan fingerprint density at radius 1 is 1.12 bits per heavy atom. The number of benzene rings is 1. The van der Waals surface area contributed by atoms with E-state index in [1.165, 1.54) is 18.4 Å². The molecule has 5 nitrogen and oxygen atoms in total. The Bertz CT molecular complexity index is 874. The number of aromatic nitrogens is 3. The first-order valence-electron chi connectivity index (χ1n) is 8.85. The predicted octanol–water partition coefficient (Wildman–Crippen LogP) is 4.27. The molecule has 0 aliphatic heterocycles. The number of anilines is 1. The van der Waals surface area contributed by atoms with Gasteiger partial charge in [0.15, 0.2) is 0 Å². The number of nitrogens with one attached hydrogen (secondary N) is 1. The van der Waals surface area contributed by atoms with Crippen LogP contribution in [0.2, 0.25) is 0 Å². The molecule has 1 aromatic carbocycles. The van der Waals surface area contributed by atoms with Crippen LogP contribution in [0.4, 0.5) is 5.82 Å². The van der Waals surface area contributed by atoms with Crippen molar-refractivity contribution in [2.45, 2.75) is 45.3 Å². The lowest BCUT2D eigenvalue weighted by Gasteiger charge is -2.16. The molecule has 0 saturated heterocycles. The van der Waals surface area contributed by atoms with E-state index in [1.807, 2.05) is 12.1 Å². The topological polar surface area (TPSA) is 59.9 Å². The van der Waals surface area contributed by atoms with Crippen LogP contribution in [0.25, 0.3) is 10.9 Å². The molecule has 0 amide bonds. The molecule has 0 radical (unpaired) electrons. The molecule has 1 saturated carbocycles. The minimum Gasteiger partial charge on any atom is -0.474 e. The summed E-state index contributed by atoms with van der Waals surface area (Å²) in [4.78, 5) is 13.2. The van der Waals surface area contributed by atoms with E-state index >= 15 is 0 Å². The van der Waals surface area contributed by atoms with Crippen LogP contribution in [0, 0.1) is 6.92 Å². The third-order valence-electron chi connectivity index (χ3n) is 4.67. The fourth-order valence-corrected chi connectivity index (χ4v) is 3.32. The quantitative estimate of drug-likeness (QED) is 0.755. The van der Waals surface area contributed by atoms with Crippen LogP contribution in [0.1, 0.15) is 36.8 Å². The number of pyridine rings is 1. The van der Waals surface area contributed by atoms with Crippen LogP contribution < -0.4 is 10.1 Å². The number of hydrogen-bond acceptors (Lipinski definition) is 5. The highest BCUT2D eigenvalue weighted by Gasteiger charge is 2.18. The second-order valence-electron chi connectivity index (χ2n) is 6.59. The van der Waals surface area contributed by atoms with Crippen LogP contribution in [0.3, 0.4) is 0 Å². The molecule has 0 unspecified atom stereocenters. The van der Waals surface area contributed by atoms with E-state index in [4.69, 9.17) is 4.74 Å². The largest absolute Gasteiger partial charge is 0.474 e. The van der Waals surface area contributed by atoms with Crippen molar-refractivity contribution in [3.63, 3.8) is 0 Å². The Labute approximate surface area is 147 Å². The van der Waals surface area contributed by atoms with Gasteiger partial charge in [-0.05, 0) is 50.8 Å². The maximum absolute atomic E-state index is 6.12. The smallest absolute Gasteiger partial charge is 0.218 e. The van der Waals surface area contributed by atoms with Crippen molar-refractivity contribution in [2.24, 2.45) is 0 Å². The predicted molar refractivity (Wildman–Crippen MR) is 98.7 cm³/mol. The fraction of sp³-hybridized carbons (Fsp3) is 0.350. The maximum Gasteiger partial charge on any atom is 0.218 e. The molecule has 4 rings (SSSR count). The second kappa shape index (κ2) is 7.05. The van der Waals surface area contributed by atoms with Crippen molar-refractivity contribution in [3.8, 4) is 5.88 Å². The third kappa shape index (κ3) is 3.55. The molecule has 2 heterocycles. The van der Waals surface area contributed by atoms with Crippen molar-refractivity contribution >= 4 is 16.7 Å². The summed E-state index contributed by atoms with van der Waals surface area (Å²) in [5.41, 5.74) is 3.18. The van der Waals surface area contributed by atoms with Gasteiger partial charge in [-0.2, -0.15) is 0 Å². The summed E-state index contributed by atoms with van der Waals surface area (Å²) >= 11 is 0. The molecule has 3 aromatic rings. The fourth-order valence-electron chi connectivity index (χ4n) is 3.32. The monoisotopic (exact) mass is 334 g/mol. The average molecular weight is 334 g/mol. The molecule has 5 heteroatoms. The molecule has 0 atom stereocenters. The summed E-state index contributed by atoms with van der Waals surface area (Å²) in [5, 5.41) is 4.46. The number of nitrogens with zero attached hydrogens (tertiary/aromatic N) is 3. The number of hydrogen-bond donors (Lipinski definition) is 1. The normalized spacial score (nSPS) is 14.8. The van der Waals surface area contributed by atoms with Crippen LogP contribution in [0.15, 0.2) is 42.9 Å². The SMILES string of the molecule is Cc1ccc2ncnc(NCc3cccnc3OC3CCCC3)c2c1. The molecule has 1 aliphatic rings. The number of rotatable bonds is 5. The van der Waals surface area contributed by atoms with Crippen LogP contribution in [0.5, 0.6) is 5.88 Å². The van der Waals surface area contributed by atoms with Gasteiger partial charge in [0, 0.05) is 23.7 Å². The van der Waals surface area contributed by atoms with Gasteiger partial charge in [0.25, 0.3) is 0 Å². The van der Waals surface area contributed by atoms with Gasteiger partial charge in [0.2, 0.25) is 5.88 Å². The van der Waals surface area contributed by atoms with Crippen LogP contribution >= 0.6 is 0 Å². The average Bonchev–Trinajstić information content (AvgIpc) is 3.14. The van der Waals surface area contributed by atoms with Gasteiger partial charge in [0.1, 0.15) is 18.2 Å². The van der Waals surface area contributed by atoms with Gasteiger partial charge in [-0.25, -0.2) is 15.0 Å². The van der Waals surface area contributed by atoms with Crippen LogP contribution in [-0.4, -0.2) is 21.1 Å². The van der Waals surface area contributed by atoms with E-state index in [2.05, 4.69) is 45.4 Å².